The fourth-order valence-electron chi connectivity index (χ4n) is 2.63. The monoisotopic (exact) mass is 409 g/mol. The first-order valence-electron chi connectivity index (χ1n) is 8.17. The highest BCUT2D eigenvalue weighted by Gasteiger charge is 2.33. The van der Waals surface area contributed by atoms with Gasteiger partial charge in [-0.05, 0) is 48.0 Å². The normalized spacial score (nSPS) is 12.0. The fourth-order valence-corrected chi connectivity index (χ4v) is 4.13. The largest absolute Gasteiger partial charge is 0.416 e. The molecule has 0 spiro atoms. The van der Waals surface area contributed by atoms with Crippen LogP contribution in [0.4, 0.5) is 23.2 Å². The van der Waals surface area contributed by atoms with E-state index in [1.807, 2.05) is 0 Å². The minimum absolute atomic E-state index is 0.120. The highest BCUT2D eigenvalue weighted by Crippen LogP contribution is 2.32. The summed E-state index contributed by atoms with van der Waals surface area (Å²) in [6, 6.07) is 16.8. The van der Waals surface area contributed by atoms with Crippen molar-refractivity contribution in [2.24, 2.45) is 0 Å². The van der Waals surface area contributed by atoms with Gasteiger partial charge in [-0.25, -0.2) is 12.8 Å². The van der Waals surface area contributed by atoms with Gasteiger partial charge in [0.15, 0.2) is 0 Å². The Labute approximate surface area is 159 Å². The van der Waals surface area contributed by atoms with Gasteiger partial charge in [0, 0.05) is 0 Å². The first kappa shape index (κ1) is 19.9. The summed E-state index contributed by atoms with van der Waals surface area (Å²) in [6.45, 7) is -0.120. The highest BCUT2D eigenvalue weighted by molar-refractivity contribution is 7.92. The Kier molecular flexibility index (Phi) is 5.42. The van der Waals surface area contributed by atoms with Crippen LogP contribution in [0.5, 0.6) is 0 Å². The SMILES string of the molecule is O=S(=O)(c1cccc(C(F)(F)F)c1)N(Cc1ccccc1)c1ccc(F)cc1. The minimum Gasteiger partial charge on any atom is -0.262 e. The number of rotatable bonds is 5. The molecule has 0 bridgehead atoms. The molecule has 0 saturated heterocycles. The standard InChI is InChI=1S/C20H15F4NO2S/c21-17-9-11-18(12-10-17)25(14-15-5-2-1-3-6-15)28(26,27)19-8-4-7-16(13-19)20(22,23)24/h1-13H,14H2. The molecule has 0 unspecified atom stereocenters. The molecule has 0 aromatic heterocycles. The third kappa shape index (κ3) is 4.33. The van der Waals surface area contributed by atoms with Gasteiger partial charge in [-0.1, -0.05) is 36.4 Å². The summed E-state index contributed by atoms with van der Waals surface area (Å²) in [6.07, 6.45) is -4.67. The lowest BCUT2D eigenvalue weighted by Gasteiger charge is -2.25. The maximum Gasteiger partial charge on any atom is 0.416 e. The molecule has 0 aliphatic heterocycles. The molecule has 146 valence electrons. The van der Waals surface area contributed by atoms with Crippen LogP contribution in [-0.4, -0.2) is 8.42 Å². The lowest BCUT2D eigenvalue weighted by atomic mass is 10.2. The summed E-state index contributed by atoms with van der Waals surface area (Å²) in [5, 5.41) is 0. The summed E-state index contributed by atoms with van der Waals surface area (Å²) in [5.74, 6) is -0.556. The Hall–Kier alpha value is -2.87. The topological polar surface area (TPSA) is 37.4 Å². The van der Waals surface area contributed by atoms with Crippen molar-refractivity contribution in [1.82, 2.24) is 0 Å². The highest BCUT2D eigenvalue weighted by atomic mass is 32.2. The van der Waals surface area contributed by atoms with E-state index in [-0.39, 0.29) is 12.2 Å². The van der Waals surface area contributed by atoms with Crippen molar-refractivity contribution in [1.29, 1.82) is 0 Å². The molecule has 0 atom stereocenters. The molecule has 3 aromatic rings. The molecule has 0 radical (unpaired) electrons. The van der Waals surface area contributed by atoms with Crippen molar-refractivity contribution in [3.8, 4) is 0 Å². The van der Waals surface area contributed by atoms with Crippen LogP contribution in [0, 0.1) is 5.82 Å². The number of benzene rings is 3. The van der Waals surface area contributed by atoms with E-state index in [0.29, 0.717) is 11.6 Å². The third-order valence-corrected chi connectivity index (χ3v) is 5.80. The van der Waals surface area contributed by atoms with Gasteiger partial charge in [0.2, 0.25) is 0 Å². The van der Waals surface area contributed by atoms with Gasteiger partial charge in [0.1, 0.15) is 5.82 Å². The average Bonchev–Trinajstić information content (AvgIpc) is 2.67. The molecular formula is C20H15F4NO2S. The van der Waals surface area contributed by atoms with Crippen molar-refractivity contribution in [3.63, 3.8) is 0 Å². The van der Waals surface area contributed by atoms with E-state index < -0.39 is 32.5 Å². The summed E-state index contributed by atoms with van der Waals surface area (Å²) in [5.41, 5.74) is -0.294. The van der Waals surface area contributed by atoms with E-state index in [1.54, 1.807) is 30.3 Å². The minimum atomic E-state index is -4.67. The second kappa shape index (κ2) is 7.63. The second-order valence-corrected chi connectivity index (χ2v) is 7.86. The predicted molar refractivity (Wildman–Crippen MR) is 97.7 cm³/mol. The molecule has 3 nitrogen and oxygen atoms in total. The van der Waals surface area contributed by atoms with Gasteiger partial charge in [0.25, 0.3) is 10.0 Å². The Morgan fingerprint density at radius 2 is 1.46 bits per heavy atom. The van der Waals surface area contributed by atoms with Crippen LogP contribution >= 0.6 is 0 Å². The zero-order chi connectivity index (χ0) is 20.4. The van der Waals surface area contributed by atoms with E-state index in [4.69, 9.17) is 0 Å². The second-order valence-electron chi connectivity index (χ2n) is 6.00. The first-order chi connectivity index (χ1) is 13.2. The Morgan fingerprint density at radius 1 is 0.821 bits per heavy atom. The number of anilines is 1. The van der Waals surface area contributed by atoms with E-state index in [2.05, 4.69) is 0 Å². The van der Waals surface area contributed by atoms with Crippen LogP contribution in [0.3, 0.4) is 0 Å². The fraction of sp³-hybridized carbons (Fsp3) is 0.100. The third-order valence-electron chi connectivity index (χ3n) is 4.03. The lowest BCUT2D eigenvalue weighted by Crippen LogP contribution is -2.30. The molecule has 0 aliphatic carbocycles. The van der Waals surface area contributed by atoms with E-state index in [9.17, 15) is 26.0 Å². The van der Waals surface area contributed by atoms with Gasteiger partial charge in [-0.2, -0.15) is 13.2 Å². The van der Waals surface area contributed by atoms with Gasteiger partial charge in [0.05, 0.1) is 22.7 Å². The van der Waals surface area contributed by atoms with E-state index in [0.717, 1.165) is 34.6 Å². The van der Waals surface area contributed by atoms with Crippen LogP contribution in [0.25, 0.3) is 0 Å². The summed E-state index contributed by atoms with van der Waals surface area (Å²) in [7, 11) is -4.34. The number of alkyl halides is 3. The molecular weight excluding hydrogens is 394 g/mol. The number of hydrogen-bond donors (Lipinski definition) is 0. The first-order valence-corrected chi connectivity index (χ1v) is 9.61. The van der Waals surface area contributed by atoms with E-state index >= 15 is 0 Å². The maximum absolute atomic E-state index is 13.3. The summed E-state index contributed by atoms with van der Waals surface area (Å²) in [4.78, 5) is -0.498. The summed E-state index contributed by atoms with van der Waals surface area (Å²) >= 11 is 0. The van der Waals surface area contributed by atoms with Crippen molar-refractivity contribution in [2.75, 3.05) is 4.31 Å². The Balaban J connectivity index is 2.09. The van der Waals surface area contributed by atoms with Gasteiger partial charge in [-0.3, -0.25) is 4.31 Å². The van der Waals surface area contributed by atoms with Crippen LogP contribution in [0.15, 0.2) is 83.8 Å². The van der Waals surface area contributed by atoms with Crippen molar-refractivity contribution in [3.05, 3.63) is 95.8 Å². The van der Waals surface area contributed by atoms with Crippen molar-refractivity contribution >= 4 is 15.7 Å². The maximum atomic E-state index is 13.3. The molecule has 0 heterocycles. The van der Waals surface area contributed by atoms with Crippen molar-refractivity contribution < 1.29 is 26.0 Å². The molecule has 0 amide bonds. The Morgan fingerprint density at radius 3 is 2.07 bits per heavy atom. The molecule has 28 heavy (non-hydrogen) atoms. The van der Waals surface area contributed by atoms with Crippen LogP contribution in [0.1, 0.15) is 11.1 Å². The van der Waals surface area contributed by atoms with Gasteiger partial charge >= 0.3 is 6.18 Å². The Bertz CT molecular complexity index is 1050. The molecule has 8 heteroatoms. The van der Waals surface area contributed by atoms with Crippen LogP contribution < -0.4 is 4.31 Å². The number of hydrogen-bond acceptors (Lipinski definition) is 2. The molecule has 0 fully saturated rings. The van der Waals surface area contributed by atoms with Crippen molar-refractivity contribution in [2.45, 2.75) is 17.6 Å². The lowest BCUT2D eigenvalue weighted by molar-refractivity contribution is -0.137. The number of nitrogens with zero attached hydrogens (tertiary/aromatic N) is 1. The molecule has 3 rings (SSSR count). The zero-order valence-electron chi connectivity index (χ0n) is 14.4. The molecule has 3 aromatic carbocycles. The zero-order valence-corrected chi connectivity index (χ0v) is 15.2. The predicted octanol–water partition coefficient (Wildman–Crippen LogP) is 5.24. The van der Waals surface area contributed by atoms with Gasteiger partial charge in [-0.15, -0.1) is 0 Å². The molecule has 0 N–H and O–H groups in total. The number of sulfonamides is 1. The smallest absolute Gasteiger partial charge is 0.262 e. The quantitative estimate of drug-likeness (QED) is 0.541. The van der Waals surface area contributed by atoms with Crippen LogP contribution in [0.2, 0.25) is 0 Å². The van der Waals surface area contributed by atoms with Gasteiger partial charge < -0.3 is 0 Å². The summed E-state index contributed by atoms with van der Waals surface area (Å²) < 4.78 is 79.6. The van der Waals surface area contributed by atoms with E-state index in [1.165, 1.54) is 12.1 Å². The van der Waals surface area contributed by atoms with Crippen LogP contribution in [-0.2, 0) is 22.7 Å². The molecule has 0 aliphatic rings. The molecule has 0 saturated carbocycles. The average molecular weight is 409 g/mol. The number of halogens is 4.